The Hall–Kier alpha value is -1.43. The van der Waals surface area contributed by atoms with E-state index in [2.05, 4.69) is 25.4 Å². The van der Waals surface area contributed by atoms with Crippen molar-refractivity contribution in [2.24, 2.45) is 0 Å². The minimum atomic E-state index is 0.578. The molecule has 18 heavy (non-hydrogen) atoms. The molecule has 1 aromatic rings. The summed E-state index contributed by atoms with van der Waals surface area (Å²) in [5.74, 6) is 1.50. The summed E-state index contributed by atoms with van der Waals surface area (Å²) in [6.07, 6.45) is 6.83. The standard InChI is InChI=1S/C12H21N5O/c1-18-9-6-13-12-15-11(10-14-16-12)17-7-4-2-3-5-8-17/h10H,2-9H2,1H3,(H,13,15,16). The van der Waals surface area contributed by atoms with E-state index in [9.17, 15) is 0 Å². The Bertz CT molecular complexity index is 352. The highest BCUT2D eigenvalue weighted by atomic mass is 16.5. The van der Waals surface area contributed by atoms with E-state index in [1.807, 2.05) is 0 Å². The van der Waals surface area contributed by atoms with Crippen LogP contribution in [0, 0.1) is 0 Å². The third-order valence-electron chi connectivity index (χ3n) is 3.07. The van der Waals surface area contributed by atoms with Gasteiger partial charge in [0.2, 0.25) is 5.95 Å². The van der Waals surface area contributed by atoms with Gasteiger partial charge in [-0.2, -0.15) is 10.1 Å². The van der Waals surface area contributed by atoms with Crippen LogP contribution in [-0.2, 0) is 4.74 Å². The molecule has 1 aliphatic heterocycles. The van der Waals surface area contributed by atoms with Crippen molar-refractivity contribution >= 4 is 11.8 Å². The maximum absolute atomic E-state index is 4.98. The molecule has 0 aliphatic carbocycles. The molecule has 0 atom stereocenters. The zero-order valence-electron chi connectivity index (χ0n) is 10.9. The van der Waals surface area contributed by atoms with Crippen LogP contribution in [0.2, 0.25) is 0 Å². The fraction of sp³-hybridized carbons (Fsp3) is 0.750. The third kappa shape index (κ3) is 3.80. The quantitative estimate of drug-likeness (QED) is 0.796. The molecule has 1 N–H and O–H groups in total. The summed E-state index contributed by atoms with van der Waals surface area (Å²) in [6.45, 7) is 3.46. The Labute approximate surface area is 108 Å². The van der Waals surface area contributed by atoms with Crippen LogP contribution < -0.4 is 10.2 Å². The Morgan fingerprint density at radius 1 is 1.28 bits per heavy atom. The first kappa shape index (κ1) is 13.0. The molecule has 0 radical (unpaired) electrons. The lowest BCUT2D eigenvalue weighted by atomic mass is 10.2. The second-order valence-corrected chi connectivity index (χ2v) is 4.46. The number of methoxy groups -OCH3 is 1. The van der Waals surface area contributed by atoms with Gasteiger partial charge in [0.05, 0.1) is 12.8 Å². The normalized spacial score (nSPS) is 16.4. The first-order valence-corrected chi connectivity index (χ1v) is 6.57. The van der Waals surface area contributed by atoms with Crippen LogP contribution in [-0.4, -0.2) is 48.5 Å². The van der Waals surface area contributed by atoms with Gasteiger partial charge in [-0.25, -0.2) is 0 Å². The summed E-state index contributed by atoms with van der Waals surface area (Å²) in [5, 5.41) is 11.1. The van der Waals surface area contributed by atoms with E-state index in [0.29, 0.717) is 19.1 Å². The number of anilines is 2. The van der Waals surface area contributed by atoms with Crippen molar-refractivity contribution in [2.75, 3.05) is 43.6 Å². The average Bonchev–Trinajstić information content (AvgIpc) is 2.68. The summed E-state index contributed by atoms with van der Waals surface area (Å²) in [4.78, 5) is 6.79. The molecule has 0 saturated carbocycles. The summed E-state index contributed by atoms with van der Waals surface area (Å²) < 4.78 is 4.98. The van der Waals surface area contributed by atoms with E-state index >= 15 is 0 Å². The van der Waals surface area contributed by atoms with E-state index in [1.54, 1.807) is 13.3 Å². The van der Waals surface area contributed by atoms with Gasteiger partial charge in [0.1, 0.15) is 0 Å². The van der Waals surface area contributed by atoms with Gasteiger partial charge in [-0.05, 0) is 12.8 Å². The van der Waals surface area contributed by atoms with Crippen molar-refractivity contribution in [3.63, 3.8) is 0 Å². The van der Waals surface area contributed by atoms with Crippen LogP contribution in [0.4, 0.5) is 11.8 Å². The van der Waals surface area contributed by atoms with Gasteiger partial charge < -0.3 is 15.0 Å². The highest BCUT2D eigenvalue weighted by Gasteiger charge is 2.12. The van der Waals surface area contributed by atoms with Crippen molar-refractivity contribution in [1.29, 1.82) is 0 Å². The molecule has 1 aliphatic rings. The van der Waals surface area contributed by atoms with Crippen LogP contribution in [0.1, 0.15) is 25.7 Å². The Morgan fingerprint density at radius 2 is 2.06 bits per heavy atom. The fourth-order valence-electron chi connectivity index (χ4n) is 2.09. The number of hydrogen-bond acceptors (Lipinski definition) is 6. The molecule has 1 aromatic heterocycles. The Kier molecular flexibility index (Phi) is 5.14. The van der Waals surface area contributed by atoms with Crippen molar-refractivity contribution in [3.05, 3.63) is 6.20 Å². The predicted octanol–water partition coefficient (Wildman–Crippen LogP) is 1.31. The lowest BCUT2D eigenvalue weighted by molar-refractivity contribution is 0.210. The Morgan fingerprint density at radius 3 is 2.78 bits per heavy atom. The van der Waals surface area contributed by atoms with Crippen molar-refractivity contribution in [1.82, 2.24) is 15.2 Å². The average molecular weight is 251 g/mol. The smallest absolute Gasteiger partial charge is 0.244 e. The van der Waals surface area contributed by atoms with Crippen LogP contribution in [0.25, 0.3) is 0 Å². The van der Waals surface area contributed by atoms with Crippen LogP contribution >= 0.6 is 0 Å². The number of nitrogens with one attached hydrogen (secondary N) is 1. The molecule has 1 fully saturated rings. The van der Waals surface area contributed by atoms with E-state index in [4.69, 9.17) is 4.74 Å². The number of rotatable bonds is 5. The second-order valence-electron chi connectivity index (χ2n) is 4.46. The molecule has 0 unspecified atom stereocenters. The largest absolute Gasteiger partial charge is 0.383 e. The zero-order valence-corrected chi connectivity index (χ0v) is 10.9. The minimum Gasteiger partial charge on any atom is -0.383 e. The lowest BCUT2D eigenvalue weighted by Gasteiger charge is -2.20. The van der Waals surface area contributed by atoms with Gasteiger partial charge in [0, 0.05) is 26.7 Å². The number of nitrogens with zero attached hydrogens (tertiary/aromatic N) is 4. The number of ether oxygens (including phenoxy) is 1. The summed E-state index contributed by atoms with van der Waals surface area (Å²) >= 11 is 0. The summed E-state index contributed by atoms with van der Waals surface area (Å²) in [5.41, 5.74) is 0. The number of hydrogen-bond donors (Lipinski definition) is 1. The van der Waals surface area contributed by atoms with Gasteiger partial charge in [-0.3, -0.25) is 0 Å². The molecule has 0 aromatic carbocycles. The highest BCUT2D eigenvalue weighted by Crippen LogP contribution is 2.16. The maximum atomic E-state index is 4.98. The monoisotopic (exact) mass is 251 g/mol. The molecule has 2 heterocycles. The van der Waals surface area contributed by atoms with Crippen molar-refractivity contribution in [2.45, 2.75) is 25.7 Å². The molecule has 100 valence electrons. The molecule has 2 rings (SSSR count). The fourth-order valence-corrected chi connectivity index (χ4v) is 2.09. The van der Waals surface area contributed by atoms with Crippen LogP contribution in [0.3, 0.4) is 0 Å². The molecule has 0 spiro atoms. The molecule has 0 bridgehead atoms. The van der Waals surface area contributed by atoms with Gasteiger partial charge in [-0.15, -0.1) is 5.10 Å². The van der Waals surface area contributed by atoms with E-state index in [-0.39, 0.29) is 0 Å². The molecule has 1 saturated heterocycles. The van der Waals surface area contributed by atoms with E-state index < -0.39 is 0 Å². The SMILES string of the molecule is COCCNc1nncc(N2CCCCCC2)n1. The van der Waals surface area contributed by atoms with Gasteiger partial charge in [-0.1, -0.05) is 12.8 Å². The van der Waals surface area contributed by atoms with E-state index in [0.717, 1.165) is 18.9 Å². The van der Waals surface area contributed by atoms with Gasteiger partial charge in [0.15, 0.2) is 5.82 Å². The molecule has 6 heteroatoms. The first-order valence-electron chi connectivity index (χ1n) is 6.57. The third-order valence-corrected chi connectivity index (χ3v) is 3.07. The highest BCUT2D eigenvalue weighted by molar-refractivity contribution is 5.40. The van der Waals surface area contributed by atoms with E-state index in [1.165, 1.54) is 25.7 Å². The molecule has 6 nitrogen and oxygen atoms in total. The van der Waals surface area contributed by atoms with Crippen molar-refractivity contribution in [3.8, 4) is 0 Å². The maximum Gasteiger partial charge on any atom is 0.244 e. The van der Waals surface area contributed by atoms with Crippen LogP contribution in [0.5, 0.6) is 0 Å². The first-order chi connectivity index (χ1) is 8.90. The zero-order chi connectivity index (χ0) is 12.6. The summed E-state index contributed by atoms with van der Waals surface area (Å²) in [6, 6.07) is 0. The van der Waals surface area contributed by atoms with Crippen LogP contribution in [0.15, 0.2) is 6.20 Å². The molecule has 0 amide bonds. The predicted molar refractivity (Wildman–Crippen MR) is 70.9 cm³/mol. The van der Waals surface area contributed by atoms with Gasteiger partial charge >= 0.3 is 0 Å². The lowest BCUT2D eigenvalue weighted by Crippen LogP contribution is -2.25. The Balaban J connectivity index is 1.96. The van der Waals surface area contributed by atoms with Crippen molar-refractivity contribution < 1.29 is 4.74 Å². The summed E-state index contributed by atoms with van der Waals surface area (Å²) in [7, 11) is 1.68. The molecular weight excluding hydrogens is 230 g/mol. The van der Waals surface area contributed by atoms with Gasteiger partial charge in [0.25, 0.3) is 0 Å². The minimum absolute atomic E-state index is 0.578. The molecular formula is C12H21N5O. The second kappa shape index (κ2) is 7.10. The topological polar surface area (TPSA) is 63.2 Å². The number of aromatic nitrogens is 3.